The molecular formula is C19H18ClN3. The first-order valence-corrected chi connectivity index (χ1v) is 8.25. The Morgan fingerprint density at radius 1 is 1.13 bits per heavy atom. The number of rotatable bonds is 2. The molecular weight excluding hydrogens is 306 g/mol. The van der Waals surface area contributed by atoms with Crippen LogP contribution < -0.4 is 5.32 Å². The minimum atomic E-state index is 0.741. The quantitative estimate of drug-likeness (QED) is 0.768. The predicted octanol–water partition coefficient (Wildman–Crippen LogP) is 4.15. The van der Waals surface area contributed by atoms with Crippen LogP contribution in [0.1, 0.15) is 16.8 Å². The fourth-order valence-corrected chi connectivity index (χ4v) is 3.35. The van der Waals surface area contributed by atoms with Gasteiger partial charge >= 0.3 is 0 Å². The summed E-state index contributed by atoms with van der Waals surface area (Å²) in [5.74, 6) is 0. The number of hydrogen-bond donors (Lipinski definition) is 1. The summed E-state index contributed by atoms with van der Waals surface area (Å²) >= 11 is 6.22. The second-order valence-electron chi connectivity index (χ2n) is 5.91. The summed E-state index contributed by atoms with van der Waals surface area (Å²) < 4.78 is 2.08. The van der Waals surface area contributed by atoms with Crippen molar-refractivity contribution in [3.8, 4) is 16.9 Å². The molecule has 0 fully saturated rings. The van der Waals surface area contributed by atoms with Crippen LogP contribution in [0.3, 0.4) is 0 Å². The number of aromatic nitrogens is 2. The van der Waals surface area contributed by atoms with Gasteiger partial charge in [-0.05, 0) is 24.6 Å². The van der Waals surface area contributed by atoms with Crippen molar-refractivity contribution in [3.05, 3.63) is 70.4 Å². The molecule has 4 heteroatoms. The van der Waals surface area contributed by atoms with Crippen LogP contribution >= 0.6 is 11.6 Å². The Morgan fingerprint density at radius 3 is 2.78 bits per heavy atom. The second kappa shape index (κ2) is 5.84. The maximum Gasteiger partial charge on any atom is 0.0975 e. The number of benzene rings is 2. The van der Waals surface area contributed by atoms with Gasteiger partial charge in [-0.25, -0.2) is 4.68 Å². The van der Waals surface area contributed by atoms with Gasteiger partial charge in [0, 0.05) is 35.7 Å². The number of nitrogens with one attached hydrogen (secondary N) is 1. The van der Waals surface area contributed by atoms with Crippen molar-refractivity contribution in [1.29, 1.82) is 0 Å². The van der Waals surface area contributed by atoms with E-state index in [1.165, 1.54) is 16.8 Å². The number of nitrogens with zero attached hydrogens (tertiary/aromatic N) is 2. The molecule has 1 aliphatic heterocycles. The molecule has 4 rings (SSSR count). The van der Waals surface area contributed by atoms with Gasteiger partial charge in [0.15, 0.2) is 0 Å². The molecule has 0 aliphatic carbocycles. The fraction of sp³-hybridized carbons (Fsp3) is 0.211. The molecule has 1 N–H and O–H groups in total. The normalized spacial score (nSPS) is 13.8. The highest BCUT2D eigenvalue weighted by Gasteiger charge is 2.22. The topological polar surface area (TPSA) is 29.9 Å². The molecule has 0 saturated heterocycles. The molecule has 0 radical (unpaired) electrons. The van der Waals surface area contributed by atoms with Gasteiger partial charge in [-0.3, -0.25) is 0 Å². The monoisotopic (exact) mass is 323 g/mol. The maximum absolute atomic E-state index is 6.22. The lowest BCUT2D eigenvalue weighted by molar-refractivity contribution is 0.622. The average molecular weight is 324 g/mol. The third-order valence-corrected chi connectivity index (χ3v) is 4.61. The molecule has 3 nitrogen and oxygen atoms in total. The van der Waals surface area contributed by atoms with E-state index < -0.39 is 0 Å². The molecule has 0 saturated carbocycles. The van der Waals surface area contributed by atoms with Crippen LogP contribution in [0.25, 0.3) is 16.9 Å². The van der Waals surface area contributed by atoms with E-state index in [2.05, 4.69) is 47.3 Å². The average Bonchev–Trinajstić information content (AvgIpc) is 2.97. The lowest BCUT2D eigenvalue weighted by Gasteiger charge is -2.16. The summed E-state index contributed by atoms with van der Waals surface area (Å²) in [5.41, 5.74) is 7.04. The maximum atomic E-state index is 6.22. The lowest BCUT2D eigenvalue weighted by atomic mass is 10.0. The summed E-state index contributed by atoms with van der Waals surface area (Å²) in [6.07, 6.45) is 0.973. The van der Waals surface area contributed by atoms with E-state index in [0.717, 1.165) is 41.5 Å². The molecule has 2 heterocycles. The van der Waals surface area contributed by atoms with Crippen LogP contribution in [0.2, 0.25) is 5.02 Å². The van der Waals surface area contributed by atoms with E-state index >= 15 is 0 Å². The highest BCUT2D eigenvalue weighted by molar-refractivity contribution is 6.30. The Labute approximate surface area is 140 Å². The van der Waals surface area contributed by atoms with Crippen LogP contribution in [0, 0.1) is 6.92 Å². The zero-order chi connectivity index (χ0) is 15.8. The Kier molecular flexibility index (Phi) is 3.68. The van der Waals surface area contributed by atoms with Crippen molar-refractivity contribution >= 4 is 11.6 Å². The molecule has 0 atom stereocenters. The summed E-state index contributed by atoms with van der Waals surface area (Å²) in [4.78, 5) is 0. The minimum absolute atomic E-state index is 0.741. The van der Waals surface area contributed by atoms with E-state index in [-0.39, 0.29) is 0 Å². The second-order valence-corrected chi connectivity index (χ2v) is 6.35. The highest BCUT2D eigenvalue weighted by Crippen LogP contribution is 2.31. The minimum Gasteiger partial charge on any atom is -0.312 e. The van der Waals surface area contributed by atoms with Gasteiger partial charge in [-0.2, -0.15) is 5.10 Å². The Bertz CT molecular complexity index is 853. The molecule has 1 aromatic heterocycles. The van der Waals surface area contributed by atoms with Gasteiger partial charge in [0.2, 0.25) is 0 Å². The van der Waals surface area contributed by atoms with Gasteiger partial charge < -0.3 is 5.32 Å². The van der Waals surface area contributed by atoms with E-state index in [4.69, 9.17) is 16.7 Å². The lowest BCUT2D eigenvalue weighted by Crippen LogP contribution is -2.24. The van der Waals surface area contributed by atoms with Gasteiger partial charge in [0.25, 0.3) is 0 Å². The number of fused-ring (bicyclic) bond motifs is 1. The third-order valence-electron chi connectivity index (χ3n) is 4.38. The number of halogens is 1. The fourth-order valence-electron chi connectivity index (χ4n) is 3.19. The van der Waals surface area contributed by atoms with Crippen molar-refractivity contribution < 1.29 is 0 Å². The van der Waals surface area contributed by atoms with Crippen molar-refractivity contribution in [2.45, 2.75) is 19.9 Å². The van der Waals surface area contributed by atoms with Crippen molar-refractivity contribution in [3.63, 3.8) is 0 Å². The predicted molar refractivity (Wildman–Crippen MR) is 94.2 cm³/mol. The number of hydrogen-bond acceptors (Lipinski definition) is 2. The molecule has 0 spiro atoms. The summed E-state index contributed by atoms with van der Waals surface area (Å²) in [5, 5.41) is 9.16. The SMILES string of the molecule is Cc1ccc(Cl)cc1-n1nc(-c2ccccc2)c2c1CCNC2. The van der Waals surface area contributed by atoms with Gasteiger partial charge in [-0.15, -0.1) is 0 Å². The van der Waals surface area contributed by atoms with E-state index in [1.807, 2.05) is 18.2 Å². The molecule has 0 bridgehead atoms. The van der Waals surface area contributed by atoms with E-state index in [0.29, 0.717) is 0 Å². The molecule has 3 aromatic rings. The van der Waals surface area contributed by atoms with Crippen molar-refractivity contribution in [1.82, 2.24) is 15.1 Å². The van der Waals surface area contributed by atoms with Crippen LogP contribution in [-0.4, -0.2) is 16.3 Å². The van der Waals surface area contributed by atoms with Crippen LogP contribution in [-0.2, 0) is 13.0 Å². The molecule has 0 amide bonds. The largest absolute Gasteiger partial charge is 0.312 e. The smallest absolute Gasteiger partial charge is 0.0975 e. The number of aryl methyl sites for hydroxylation is 1. The molecule has 116 valence electrons. The van der Waals surface area contributed by atoms with Crippen molar-refractivity contribution in [2.75, 3.05) is 6.54 Å². The molecule has 23 heavy (non-hydrogen) atoms. The highest BCUT2D eigenvalue weighted by atomic mass is 35.5. The standard InChI is InChI=1S/C19H18ClN3/c1-13-7-8-15(20)11-18(13)23-17-9-10-21-12-16(17)19(22-23)14-5-3-2-4-6-14/h2-8,11,21H,9-10,12H2,1H3. The summed E-state index contributed by atoms with van der Waals surface area (Å²) in [7, 11) is 0. The van der Waals surface area contributed by atoms with E-state index in [1.54, 1.807) is 0 Å². The van der Waals surface area contributed by atoms with E-state index in [9.17, 15) is 0 Å². The van der Waals surface area contributed by atoms with Crippen LogP contribution in [0.5, 0.6) is 0 Å². The first kappa shape index (κ1) is 14.5. The Balaban J connectivity index is 1.94. The molecule has 1 aliphatic rings. The summed E-state index contributed by atoms with van der Waals surface area (Å²) in [6.45, 7) is 3.94. The Morgan fingerprint density at radius 2 is 1.96 bits per heavy atom. The zero-order valence-corrected chi connectivity index (χ0v) is 13.8. The van der Waals surface area contributed by atoms with Gasteiger partial charge in [0.05, 0.1) is 17.1 Å². The third kappa shape index (κ3) is 2.56. The zero-order valence-electron chi connectivity index (χ0n) is 13.0. The van der Waals surface area contributed by atoms with Crippen LogP contribution in [0.4, 0.5) is 0 Å². The molecule has 2 aromatic carbocycles. The van der Waals surface area contributed by atoms with Gasteiger partial charge in [0.1, 0.15) is 0 Å². The Hall–Kier alpha value is -2.10. The first-order chi connectivity index (χ1) is 11.2. The summed E-state index contributed by atoms with van der Waals surface area (Å²) in [6, 6.07) is 16.4. The van der Waals surface area contributed by atoms with Crippen LogP contribution in [0.15, 0.2) is 48.5 Å². The first-order valence-electron chi connectivity index (χ1n) is 7.87. The molecule has 0 unspecified atom stereocenters. The van der Waals surface area contributed by atoms with Crippen molar-refractivity contribution in [2.24, 2.45) is 0 Å². The van der Waals surface area contributed by atoms with Gasteiger partial charge in [-0.1, -0.05) is 48.0 Å².